The molecule has 0 aliphatic rings. The second kappa shape index (κ2) is 6.46. The number of amides is 1. The summed E-state index contributed by atoms with van der Waals surface area (Å²) in [7, 11) is 1.56. The molecule has 4 nitrogen and oxygen atoms in total. The van der Waals surface area contributed by atoms with Crippen LogP contribution in [0.25, 0.3) is 20.3 Å². The smallest absolute Gasteiger partial charge is 0.269 e. The topological polar surface area (TPSA) is 51.2 Å². The van der Waals surface area contributed by atoms with E-state index in [1.165, 1.54) is 22.7 Å². The molecule has 2 aromatic carbocycles. The SMILES string of the molecule is COc1cc2sc(NC(=O)c3sc4ccccc4c3Cl)nc2cc1Cl. The molecule has 25 heavy (non-hydrogen) atoms. The normalized spacial score (nSPS) is 11.2. The summed E-state index contributed by atoms with van der Waals surface area (Å²) in [5.74, 6) is 0.298. The van der Waals surface area contributed by atoms with Crippen molar-refractivity contribution >= 4 is 77.2 Å². The van der Waals surface area contributed by atoms with Gasteiger partial charge in [-0.25, -0.2) is 4.98 Å². The molecule has 0 aliphatic heterocycles. The fourth-order valence-corrected chi connectivity index (χ4v) is 4.97. The number of halogens is 2. The lowest BCUT2D eigenvalue weighted by molar-refractivity contribution is 0.103. The van der Waals surface area contributed by atoms with Crippen LogP contribution in [0.5, 0.6) is 5.75 Å². The van der Waals surface area contributed by atoms with Crippen molar-refractivity contribution in [2.75, 3.05) is 12.4 Å². The maximum atomic E-state index is 12.6. The second-order valence-corrected chi connectivity index (χ2v) is 8.04. The van der Waals surface area contributed by atoms with Crippen molar-refractivity contribution in [3.63, 3.8) is 0 Å². The number of methoxy groups -OCH3 is 1. The average Bonchev–Trinajstić information content (AvgIpc) is 3.14. The van der Waals surface area contributed by atoms with E-state index in [0.29, 0.717) is 31.3 Å². The van der Waals surface area contributed by atoms with E-state index in [2.05, 4.69) is 10.3 Å². The van der Waals surface area contributed by atoms with Crippen LogP contribution >= 0.6 is 45.9 Å². The molecule has 2 heterocycles. The number of aromatic nitrogens is 1. The molecule has 126 valence electrons. The van der Waals surface area contributed by atoms with E-state index >= 15 is 0 Å². The van der Waals surface area contributed by atoms with Gasteiger partial charge in [-0.15, -0.1) is 11.3 Å². The van der Waals surface area contributed by atoms with Crippen LogP contribution in [0.3, 0.4) is 0 Å². The van der Waals surface area contributed by atoms with Gasteiger partial charge in [0.15, 0.2) is 5.13 Å². The maximum absolute atomic E-state index is 12.6. The first-order valence-corrected chi connectivity index (χ1v) is 9.58. The van der Waals surface area contributed by atoms with Crippen molar-refractivity contribution in [3.8, 4) is 5.75 Å². The molecular weight excluding hydrogens is 399 g/mol. The quantitative estimate of drug-likeness (QED) is 0.446. The van der Waals surface area contributed by atoms with E-state index in [9.17, 15) is 4.79 Å². The van der Waals surface area contributed by atoms with Crippen LogP contribution in [0.2, 0.25) is 10.0 Å². The highest BCUT2D eigenvalue weighted by molar-refractivity contribution is 7.23. The number of thiophene rings is 1. The van der Waals surface area contributed by atoms with Gasteiger partial charge in [0.2, 0.25) is 0 Å². The number of ether oxygens (including phenoxy) is 1. The predicted molar refractivity (Wildman–Crippen MR) is 106 cm³/mol. The Bertz CT molecular complexity index is 1120. The summed E-state index contributed by atoms with van der Waals surface area (Å²) in [6, 6.07) is 11.2. The van der Waals surface area contributed by atoms with Crippen molar-refractivity contribution in [1.29, 1.82) is 0 Å². The summed E-state index contributed by atoms with van der Waals surface area (Å²) in [5, 5.41) is 5.12. The summed E-state index contributed by atoms with van der Waals surface area (Å²) >= 11 is 15.2. The lowest BCUT2D eigenvalue weighted by Crippen LogP contribution is -2.10. The highest BCUT2D eigenvalue weighted by Crippen LogP contribution is 2.37. The number of rotatable bonds is 3. The van der Waals surface area contributed by atoms with Crippen molar-refractivity contribution in [2.45, 2.75) is 0 Å². The van der Waals surface area contributed by atoms with E-state index in [0.717, 1.165) is 14.8 Å². The number of carbonyl (C=O) groups is 1. The first-order valence-electron chi connectivity index (χ1n) is 7.19. The van der Waals surface area contributed by atoms with Gasteiger partial charge in [-0.1, -0.05) is 52.7 Å². The monoisotopic (exact) mass is 408 g/mol. The summed E-state index contributed by atoms with van der Waals surface area (Å²) in [5.41, 5.74) is 0.702. The zero-order valence-electron chi connectivity index (χ0n) is 12.8. The van der Waals surface area contributed by atoms with E-state index < -0.39 is 0 Å². The molecule has 2 aromatic heterocycles. The van der Waals surface area contributed by atoms with Gasteiger partial charge in [0.1, 0.15) is 10.6 Å². The minimum atomic E-state index is -0.275. The summed E-state index contributed by atoms with van der Waals surface area (Å²) in [6.07, 6.45) is 0. The van der Waals surface area contributed by atoms with Crippen molar-refractivity contribution < 1.29 is 9.53 Å². The predicted octanol–water partition coefficient (Wildman–Crippen LogP) is 6.08. The van der Waals surface area contributed by atoms with E-state index in [1.54, 1.807) is 19.2 Å². The molecule has 0 aliphatic carbocycles. The standard InChI is InChI=1S/C17H10Cl2N2O2S2/c1-23-11-7-13-10(6-9(11)18)20-17(25-13)21-16(22)15-14(19)8-4-2-3-5-12(8)24-15/h2-7H,1H3,(H,20,21,22). The van der Waals surface area contributed by atoms with Gasteiger partial charge in [-0.3, -0.25) is 10.1 Å². The van der Waals surface area contributed by atoms with Crippen LogP contribution in [0.4, 0.5) is 5.13 Å². The third kappa shape index (κ3) is 2.95. The molecule has 1 N–H and O–H groups in total. The molecule has 8 heteroatoms. The van der Waals surface area contributed by atoms with Crippen molar-refractivity contribution in [3.05, 3.63) is 51.3 Å². The van der Waals surface area contributed by atoms with E-state index in [4.69, 9.17) is 27.9 Å². The Labute approximate surface area is 161 Å². The lowest BCUT2D eigenvalue weighted by atomic mass is 10.2. The number of hydrogen-bond acceptors (Lipinski definition) is 5. The molecule has 0 saturated heterocycles. The minimum absolute atomic E-state index is 0.275. The maximum Gasteiger partial charge on any atom is 0.269 e. The molecule has 0 saturated carbocycles. The van der Waals surface area contributed by atoms with Gasteiger partial charge in [0, 0.05) is 16.2 Å². The molecule has 4 rings (SSSR count). The Kier molecular flexibility index (Phi) is 4.29. The molecule has 0 bridgehead atoms. The molecule has 4 aromatic rings. The number of fused-ring (bicyclic) bond motifs is 2. The first-order chi connectivity index (χ1) is 12.1. The molecule has 0 atom stereocenters. The van der Waals surface area contributed by atoms with Gasteiger partial charge in [-0.05, 0) is 12.1 Å². The van der Waals surface area contributed by atoms with Gasteiger partial charge in [0.05, 0.1) is 27.4 Å². The number of carbonyl (C=O) groups excluding carboxylic acids is 1. The summed E-state index contributed by atoms with van der Waals surface area (Å²) < 4.78 is 7.05. The molecule has 0 unspecified atom stereocenters. The van der Waals surface area contributed by atoms with Crippen LogP contribution in [0.15, 0.2) is 36.4 Å². The largest absolute Gasteiger partial charge is 0.495 e. The number of hydrogen-bond donors (Lipinski definition) is 1. The molecule has 0 radical (unpaired) electrons. The highest BCUT2D eigenvalue weighted by Gasteiger charge is 2.18. The van der Waals surface area contributed by atoms with Crippen molar-refractivity contribution in [1.82, 2.24) is 4.98 Å². The van der Waals surface area contributed by atoms with Crippen LogP contribution in [0.1, 0.15) is 9.67 Å². The third-order valence-corrected chi connectivity index (χ3v) is 6.53. The Morgan fingerprint density at radius 1 is 1.16 bits per heavy atom. The Balaban J connectivity index is 1.68. The molecule has 0 fully saturated rings. The lowest BCUT2D eigenvalue weighted by Gasteiger charge is -2.00. The summed E-state index contributed by atoms with van der Waals surface area (Å²) in [6.45, 7) is 0. The van der Waals surface area contributed by atoms with Crippen LogP contribution in [-0.4, -0.2) is 18.0 Å². The van der Waals surface area contributed by atoms with Crippen LogP contribution < -0.4 is 10.1 Å². The minimum Gasteiger partial charge on any atom is -0.495 e. The van der Waals surface area contributed by atoms with E-state index in [-0.39, 0.29) is 5.91 Å². The third-order valence-electron chi connectivity index (χ3n) is 3.62. The number of thiazole rings is 1. The molecule has 0 spiro atoms. The summed E-state index contributed by atoms with van der Waals surface area (Å²) in [4.78, 5) is 17.5. The van der Waals surface area contributed by atoms with Crippen LogP contribution in [-0.2, 0) is 0 Å². The Hall–Kier alpha value is -1.86. The average molecular weight is 409 g/mol. The number of benzene rings is 2. The van der Waals surface area contributed by atoms with Crippen LogP contribution in [0, 0.1) is 0 Å². The van der Waals surface area contributed by atoms with Gasteiger partial charge < -0.3 is 4.74 Å². The second-order valence-electron chi connectivity index (χ2n) is 5.17. The Morgan fingerprint density at radius 3 is 2.72 bits per heavy atom. The molecular formula is C17H10Cl2N2O2S2. The van der Waals surface area contributed by atoms with Gasteiger partial charge in [0.25, 0.3) is 5.91 Å². The first kappa shape index (κ1) is 16.6. The number of nitrogens with zero attached hydrogens (tertiary/aromatic N) is 1. The highest BCUT2D eigenvalue weighted by atomic mass is 35.5. The zero-order valence-corrected chi connectivity index (χ0v) is 15.9. The van der Waals surface area contributed by atoms with E-state index in [1.807, 2.05) is 24.3 Å². The Morgan fingerprint density at radius 2 is 1.96 bits per heavy atom. The molecule has 1 amide bonds. The fourth-order valence-electron chi connectivity index (χ4n) is 2.45. The fraction of sp³-hybridized carbons (Fsp3) is 0.0588. The number of nitrogens with one attached hydrogen (secondary N) is 1. The number of anilines is 1. The van der Waals surface area contributed by atoms with Crippen molar-refractivity contribution in [2.24, 2.45) is 0 Å². The van der Waals surface area contributed by atoms with Gasteiger partial charge >= 0.3 is 0 Å². The zero-order chi connectivity index (χ0) is 17.6. The van der Waals surface area contributed by atoms with Gasteiger partial charge in [-0.2, -0.15) is 0 Å².